The smallest absolute Gasteiger partial charge is 0.271 e. The molecule has 5 rings (SSSR count). The Balaban J connectivity index is 1.39. The zero-order chi connectivity index (χ0) is 27.8. The van der Waals surface area contributed by atoms with E-state index in [0.29, 0.717) is 24.1 Å². The van der Waals surface area contributed by atoms with E-state index in [4.69, 9.17) is 4.74 Å². The molecular weight excluding hydrogens is 506 g/mol. The highest BCUT2D eigenvalue weighted by molar-refractivity contribution is 6.02. The topological polar surface area (TPSA) is 115 Å². The third kappa shape index (κ3) is 5.49. The molecule has 2 heterocycles. The minimum absolute atomic E-state index is 0.116. The third-order valence-corrected chi connectivity index (χ3v) is 8.86. The van der Waals surface area contributed by atoms with E-state index in [0.717, 1.165) is 18.2 Å². The van der Waals surface area contributed by atoms with E-state index in [1.54, 1.807) is 25.3 Å². The second-order valence-corrected chi connectivity index (χ2v) is 11.4. The lowest BCUT2D eigenvalue weighted by atomic mass is 9.71. The van der Waals surface area contributed by atoms with Crippen molar-refractivity contribution in [2.24, 2.45) is 11.3 Å². The normalized spacial score (nSPS) is 24.9. The van der Waals surface area contributed by atoms with Gasteiger partial charge in [-0.2, -0.15) is 5.26 Å². The van der Waals surface area contributed by atoms with Gasteiger partial charge in [0.15, 0.2) is 0 Å². The van der Waals surface area contributed by atoms with Gasteiger partial charge in [-0.05, 0) is 62.1 Å². The molecule has 2 saturated carbocycles. The minimum atomic E-state index is -2.74. The Kier molecular flexibility index (Phi) is 7.36. The molecule has 39 heavy (non-hydrogen) atoms. The van der Waals surface area contributed by atoms with Crippen molar-refractivity contribution in [3.8, 4) is 11.8 Å². The third-order valence-electron chi connectivity index (χ3n) is 8.86. The van der Waals surface area contributed by atoms with Gasteiger partial charge in [-0.3, -0.25) is 14.4 Å². The molecule has 1 unspecified atom stereocenters. The molecule has 2 aliphatic carbocycles. The van der Waals surface area contributed by atoms with Crippen molar-refractivity contribution in [2.75, 3.05) is 13.7 Å². The number of H-pyrrole nitrogens is 1. The summed E-state index contributed by atoms with van der Waals surface area (Å²) in [5.41, 5.74) is 0.381. The standard InChI is InChI=1S/C29H34F2N4O4/c1-39-25-8-4-6-21-20(25)14-22(34-21)27(38)35-17-28(9-11-29(30,31)12-10-28)15-23(35)26(37)33-19(16-32)13-18-5-2-3-7-24(18)36/h4,6,8,14,18-19,23,34H,2-3,5,7,9-13,15,17H2,1H3,(H,33,37)/t18-,19-,23?/m0/s1. The van der Waals surface area contributed by atoms with Crippen molar-refractivity contribution in [1.29, 1.82) is 5.26 Å². The number of amides is 2. The lowest BCUT2D eigenvalue weighted by Crippen LogP contribution is -2.49. The predicted molar refractivity (Wildman–Crippen MR) is 139 cm³/mol. The second-order valence-electron chi connectivity index (χ2n) is 11.4. The number of nitriles is 1. The number of aromatic nitrogens is 1. The van der Waals surface area contributed by atoms with Gasteiger partial charge in [0.1, 0.15) is 29.3 Å². The van der Waals surface area contributed by atoms with Gasteiger partial charge in [0.25, 0.3) is 5.91 Å². The summed E-state index contributed by atoms with van der Waals surface area (Å²) in [6.45, 7) is 0.185. The molecule has 1 saturated heterocycles. The molecule has 1 aromatic heterocycles. The van der Waals surface area contributed by atoms with Crippen LogP contribution in [0.15, 0.2) is 24.3 Å². The number of likely N-dealkylation sites (tertiary alicyclic amines) is 1. The monoisotopic (exact) mass is 540 g/mol. The van der Waals surface area contributed by atoms with Crippen LogP contribution in [0.4, 0.5) is 8.78 Å². The van der Waals surface area contributed by atoms with E-state index < -0.39 is 35.2 Å². The number of Topliss-reactive ketones (excluding diaryl/α,β-unsaturated/α-hetero) is 1. The summed E-state index contributed by atoms with van der Waals surface area (Å²) in [5.74, 6) is -3.19. The number of fused-ring (bicyclic) bond motifs is 1. The summed E-state index contributed by atoms with van der Waals surface area (Å²) in [6, 6.07) is 7.41. The summed E-state index contributed by atoms with van der Waals surface area (Å²) in [5, 5.41) is 13.3. The van der Waals surface area contributed by atoms with Gasteiger partial charge in [0, 0.05) is 42.6 Å². The van der Waals surface area contributed by atoms with Gasteiger partial charge >= 0.3 is 0 Å². The van der Waals surface area contributed by atoms with Gasteiger partial charge in [-0.1, -0.05) is 12.5 Å². The lowest BCUT2D eigenvalue weighted by molar-refractivity contribution is -0.127. The number of methoxy groups -OCH3 is 1. The quantitative estimate of drug-likeness (QED) is 0.549. The average molecular weight is 541 g/mol. The fourth-order valence-electron chi connectivity index (χ4n) is 6.59. The Labute approximate surface area is 226 Å². The van der Waals surface area contributed by atoms with Gasteiger partial charge in [0.2, 0.25) is 11.8 Å². The molecule has 3 fully saturated rings. The summed E-state index contributed by atoms with van der Waals surface area (Å²) in [7, 11) is 1.54. The first-order valence-electron chi connectivity index (χ1n) is 13.7. The number of hydrogen-bond donors (Lipinski definition) is 2. The second kappa shape index (κ2) is 10.6. The summed E-state index contributed by atoms with van der Waals surface area (Å²) >= 11 is 0. The van der Waals surface area contributed by atoms with Crippen molar-refractivity contribution >= 4 is 28.5 Å². The van der Waals surface area contributed by atoms with Crippen LogP contribution in [0.1, 0.15) is 74.7 Å². The fraction of sp³-hybridized carbons (Fsp3) is 0.586. The molecule has 2 amide bonds. The van der Waals surface area contributed by atoms with E-state index in [-0.39, 0.29) is 62.5 Å². The first kappa shape index (κ1) is 27.1. The number of nitrogens with zero attached hydrogens (tertiary/aromatic N) is 2. The molecule has 1 spiro atoms. The number of benzene rings is 1. The molecular formula is C29H34F2N4O4. The lowest BCUT2D eigenvalue weighted by Gasteiger charge is -2.36. The van der Waals surface area contributed by atoms with Crippen molar-refractivity contribution in [2.45, 2.75) is 82.2 Å². The number of rotatable bonds is 6. The zero-order valence-corrected chi connectivity index (χ0v) is 22.1. The number of alkyl halides is 2. The molecule has 3 aliphatic rings. The summed E-state index contributed by atoms with van der Waals surface area (Å²) in [6.07, 6.45) is 3.31. The van der Waals surface area contributed by atoms with E-state index in [9.17, 15) is 28.4 Å². The molecule has 3 atom stereocenters. The number of hydrogen-bond acceptors (Lipinski definition) is 5. The van der Waals surface area contributed by atoms with E-state index >= 15 is 0 Å². The van der Waals surface area contributed by atoms with Crippen molar-refractivity contribution in [3.05, 3.63) is 30.0 Å². The predicted octanol–water partition coefficient (Wildman–Crippen LogP) is 4.74. The Morgan fingerprint density at radius 1 is 1.26 bits per heavy atom. The van der Waals surface area contributed by atoms with Gasteiger partial charge in [0.05, 0.1) is 13.2 Å². The van der Waals surface area contributed by atoms with Crippen LogP contribution in [-0.4, -0.2) is 59.1 Å². The van der Waals surface area contributed by atoms with Crippen LogP contribution in [0.25, 0.3) is 10.9 Å². The highest BCUT2D eigenvalue weighted by Crippen LogP contribution is 2.50. The van der Waals surface area contributed by atoms with Crippen LogP contribution >= 0.6 is 0 Å². The van der Waals surface area contributed by atoms with Crippen molar-refractivity contribution in [1.82, 2.24) is 15.2 Å². The van der Waals surface area contributed by atoms with Crippen LogP contribution < -0.4 is 10.1 Å². The largest absolute Gasteiger partial charge is 0.496 e. The first-order valence-corrected chi connectivity index (χ1v) is 13.7. The summed E-state index contributed by atoms with van der Waals surface area (Å²) < 4.78 is 33.5. The number of aromatic amines is 1. The Morgan fingerprint density at radius 2 is 2.03 bits per heavy atom. The number of carbonyl (C=O) groups is 3. The van der Waals surface area contributed by atoms with Crippen LogP contribution in [0.3, 0.4) is 0 Å². The van der Waals surface area contributed by atoms with Crippen LogP contribution in [0.5, 0.6) is 5.75 Å². The number of ether oxygens (including phenoxy) is 1. The Hall–Kier alpha value is -3.48. The molecule has 10 heteroatoms. The van der Waals surface area contributed by atoms with Crippen LogP contribution in [0, 0.1) is 22.7 Å². The molecule has 2 aromatic rings. The maximum absolute atomic E-state index is 14.0. The molecule has 0 bridgehead atoms. The number of ketones is 1. The van der Waals surface area contributed by atoms with Crippen LogP contribution in [-0.2, 0) is 9.59 Å². The molecule has 1 aromatic carbocycles. The van der Waals surface area contributed by atoms with E-state index in [1.165, 1.54) is 4.90 Å². The number of halogens is 2. The maximum Gasteiger partial charge on any atom is 0.271 e. The van der Waals surface area contributed by atoms with Crippen molar-refractivity contribution < 1.29 is 27.9 Å². The molecule has 0 radical (unpaired) electrons. The zero-order valence-electron chi connectivity index (χ0n) is 22.1. The van der Waals surface area contributed by atoms with Crippen molar-refractivity contribution in [3.63, 3.8) is 0 Å². The minimum Gasteiger partial charge on any atom is -0.496 e. The molecule has 8 nitrogen and oxygen atoms in total. The maximum atomic E-state index is 14.0. The first-order chi connectivity index (χ1) is 18.6. The number of nitrogens with one attached hydrogen (secondary N) is 2. The highest BCUT2D eigenvalue weighted by atomic mass is 19.3. The molecule has 2 N–H and O–H groups in total. The van der Waals surface area contributed by atoms with E-state index in [1.807, 2.05) is 6.07 Å². The van der Waals surface area contributed by atoms with Gasteiger partial charge in [-0.25, -0.2) is 8.78 Å². The Morgan fingerprint density at radius 3 is 2.72 bits per heavy atom. The van der Waals surface area contributed by atoms with E-state index in [2.05, 4.69) is 16.4 Å². The summed E-state index contributed by atoms with van der Waals surface area (Å²) in [4.78, 5) is 44.3. The van der Waals surface area contributed by atoms with Crippen LogP contribution in [0.2, 0.25) is 0 Å². The molecule has 1 aliphatic heterocycles. The number of carbonyl (C=O) groups excluding carboxylic acids is 3. The van der Waals surface area contributed by atoms with Gasteiger partial charge in [-0.15, -0.1) is 0 Å². The fourth-order valence-corrected chi connectivity index (χ4v) is 6.59. The average Bonchev–Trinajstić information content (AvgIpc) is 3.53. The molecule has 208 valence electrons. The SMILES string of the molecule is COc1cccc2[nH]c(C(=O)N3CC4(CCC(F)(F)CC4)CC3C(=O)N[C@H](C#N)C[C@@H]3CCCCC3=O)cc12. The van der Waals surface area contributed by atoms with Gasteiger partial charge < -0.3 is 19.9 Å². The Bertz CT molecular complexity index is 1310. The highest BCUT2D eigenvalue weighted by Gasteiger charge is 2.53.